The van der Waals surface area contributed by atoms with Crippen molar-refractivity contribution in [2.45, 2.75) is 6.18 Å². The Morgan fingerprint density at radius 3 is 2.77 bits per heavy atom. The highest BCUT2D eigenvalue weighted by Gasteiger charge is 2.34. The Bertz CT molecular complexity index is 717. The minimum Gasteiger partial charge on any atom is -0.497 e. The number of benzene rings is 1. The van der Waals surface area contributed by atoms with Gasteiger partial charge < -0.3 is 10.1 Å². The summed E-state index contributed by atoms with van der Waals surface area (Å²) in [6.07, 6.45) is -3.51. The third-order valence-electron chi connectivity index (χ3n) is 2.61. The Labute approximate surface area is 122 Å². The second-order valence-corrected chi connectivity index (χ2v) is 3.96. The number of alkyl halides is 3. The van der Waals surface area contributed by atoms with E-state index in [2.05, 4.69) is 25.9 Å². The van der Waals surface area contributed by atoms with E-state index in [9.17, 15) is 13.2 Å². The molecule has 0 aliphatic rings. The normalized spacial score (nSPS) is 11.9. The van der Waals surface area contributed by atoms with Gasteiger partial charge in [-0.15, -0.1) is 10.2 Å². The smallest absolute Gasteiger partial charge is 0.418 e. The van der Waals surface area contributed by atoms with Gasteiger partial charge in [-0.05, 0) is 23.4 Å². The third kappa shape index (κ3) is 3.32. The molecule has 0 spiro atoms. The Hall–Kier alpha value is -3.09. The summed E-state index contributed by atoms with van der Waals surface area (Å²) >= 11 is 0. The second kappa shape index (κ2) is 6.13. The van der Waals surface area contributed by atoms with Crippen molar-refractivity contribution in [2.24, 2.45) is 0 Å². The molecule has 1 heterocycles. The first-order valence-corrected chi connectivity index (χ1v) is 5.81. The van der Waals surface area contributed by atoms with Crippen molar-refractivity contribution >= 4 is 11.3 Å². The van der Waals surface area contributed by atoms with Gasteiger partial charge >= 0.3 is 6.18 Å². The Balaban J connectivity index is 2.35. The van der Waals surface area contributed by atoms with E-state index in [1.54, 1.807) is 6.07 Å². The van der Waals surface area contributed by atoms with Crippen LogP contribution in [0, 0.1) is 11.3 Å². The summed E-state index contributed by atoms with van der Waals surface area (Å²) in [4.78, 5) is 0. The number of nitriles is 1. The molecule has 22 heavy (non-hydrogen) atoms. The van der Waals surface area contributed by atoms with E-state index in [1.807, 2.05) is 0 Å². The van der Waals surface area contributed by atoms with Crippen LogP contribution in [0.3, 0.4) is 0 Å². The Morgan fingerprint density at radius 1 is 1.45 bits per heavy atom. The van der Waals surface area contributed by atoms with Crippen LogP contribution in [0.2, 0.25) is 0 Å². The minimum absolute atomic E-state index is 0.0305. The van der Waals surface area contributed by atoms with Crippen LogP contribution in [0.1, 0.15) is 11.4 Å². The standard InChI is InChI=1S/C12H9F3N6O/c1-22-8-2-3-10(9(4-8)12(13,14)15)17-6-7(5-16)11-18-20-21-19-11/h2-4,6,17H,1H3,(H,18,19,20,21). The average Bonchev–Trinajstić information content (AvgIpc) is 3.01. The Kier molecular flexibility index (Phi) is 4.26. The van der Waals surface area contributed by atoms with Crippen LogP contribution in [-0.4, -0.2) is 27.7 Å². The molecule has 2 N–H and O–H groups in total. The van der Waals surface area contributed by atoms with Crippen molar-refractivity contribution in [1.29, 1.82) is 5.26 Å². The molecule has 0 saturated heterocycles. The second-order valence-electron chi connectivity index (χ2n) is 3.96. The molecule has 0 fully saturated rings. The fourth-order valence-corrected chi connectivity index (χ4v) is 1.58. The predicted molar refractivity (Wildman–Crippen MR) is 69.4 cm³/mol. The summed E-state index contributed by atoms with van der Waals surface area (Å²) in [5.74, 6) is 0.0394. The summed E-state index contributed by atoms with van der Waals surface area (Å²) < 4.78 is 43.9. The maximum absolute atomic E-state index is 13.0. The summed E-state index contributed by atoms with van der Waals surface area (Å²) in [5.41, 5.74) is -1.23. The molecule has 0 aliphatic heterocycles. The highest BCUT2D eigenvalue weighted by molar-refractivity contribution is 5.74. The number of nitrogens with zero attached hydrogens (tertiary/aromatic N) is 4. The first kappa shape index (κ1) is 15.3. The van der Waals surface area contributed by atoms with Crippen molar-refractivity contribution in [1.82, 2.24) is 20.6 Å². The zero-order valence-electron chi connectivity index (χ0n) is 11.1. The molecule has 1 aromatic carbocycles. The number of ether oxygens (including phenoxy) is 1. The number of aromatic nitrogens is 4. The van der Waals surface area contributed by atoms with E-state index in [1.165, 1.54) is 19.2 Å². The SMILES string of the molecule is COc1ccc(NC=C(C#N)c2nn[nH]n2)c(C(F)(F)F)c1. The van der Waals surface area contributed by atoms with Gasteiger partial charge in [0.1, 0.15) is 17.4 Å². The van der Waals surface area contributed by atoms with Crippen LogP contribution in [0.4, 0.5) is 18.9 Å². The molecule has 0 atom stereocenters. The first-order valence-electron chi connectivity index (χ1n) is 5.81. The lowest BCUT2D eigenvalue weighted by atomic mass is 10.1. The van der Waals surface area contributed by atoms with Gasteiger partial charge in [-0.25, -0.2) is 0 Å². The number of tetrazole rings is 1. The van der Waals surface area contributed by atoms with Crippen molar-refractivity contribution < 1.29 is 17.9 Å². The number of H-pyrrole nitrogens is 1. The van der Waals surface area contributed by atoms with Crippen molar-refractivity contribution in [2.75, 3.05) is 12.4 Å². The number of halogens is 3. The number of hydrogen-bond acceptors (Lipinski definition) is 6. The molecule has 0 bridgehead atoms. The van der Waals surface area contributed by atoms with E-state index in [0.29, 0.717) is 0 Å². The average molecular weight is 310 g/mol. The number of anilines is 1. The quantitative estimate of drug-likeness (QED) is 0.840. The van der Waals surface area contributed by atoms with Crippen molar-refractivity contribution in [3.8, 4) is 11.8 Å². The molecule has 114 valence electrons. The summed E-state index contributed by atoms with van der Waals surface area (Å²) in [5, 5.41) is 24.0. The van der Waals surface area contributed by atoms with Gasteiger partial charge in [-0.2, -0.15) is 23.6 Å². The molecule has 0 saturated carbocycles. The van der Waals surface area contributed by atoms with Crippen LogP contribution in [0.25, 0.3) is 5.57 Å². The topological polar surface area (TPSA) is 99.5 Å². The minimum atomic E-state index is -4.58. The molecule has 2 rings (SSSR count). The van der Waals surface area contributed by atoms with Gasteiger partial charge in [0.25, 0.3) is 0 Å². The molecule has 7 nitrogen and oxygen atoms in total. The van der Waals surface area contributed by atoms with Gasteiger partial charge in [0.15, 0.2) is 0 Å². The summed E-state index contributed by atoms with van der Waals surface area (Å²) in [7, 11) is 1.27. The van der Waals surface area contributed by atoms with Gasteiger partial charge in [-0.1, -0.05) is 0 Å². The van der Waals surface area contributed by atoms with Crippen LogP contribution >= 0.6 is 0 Å². The highest BCUT2D eigenvalue weighted by Crippen LogP contribution is 2.37. The van der Waals surface area contributed by atoms with Crippen molar-refractivity contribution in [3.05, 3.63) is 35.8 Å². The van der Waals surface area contributed by atoms with E-state index < -0.39 is 11.7 Å². The maximum atomic E-state index is 13.0. The zero-order valence-corrected chi connectivity index (χ0v) is 11.1. The van der Waals surface area contributed by atoms with Crippen molar-refractivity contribution in [3.63, 3.8) is 0 Å². The van der Waals surface area contributed by atoms with E-state index in [4.69, 9.17) is 10.00 Å². The number of allylic oxidation sites excluding steroid dienone is 1. The molecular weight excluding hydrogens is 301 g/mol. The predicted octanol–water partition coefficient (Wildman–Crippen LogP) is 2.20. The van der Waals surface area contributed by atoms with Crippen LogP contribution < -0.4 is 10.1 Å². The summed E-state index contributed by atoms with van der Waals surface area (Å²) in [6.45, 7) is 0. The zero-order chi connectivity index (χ0) is 16.2. The van der Waals surface area contributed by atoms with Crippen LogP contribution in [0.15, 0.2) is 24.4 Å². The molecular formula is C12H9F3N6O. The summed E-state index contributed by atoms with van der Waals surface area (Å²) in [6, 6.07) is 5.19. The molecule has 0 radical (unpaired) electrons. The number of nitrogens with one attached hydrogen (secondary N) is 2. The molecule has 0 unspecified atom stereocenters. The number of rotatable bonds is 4. The molecule has 10 heteroatoms. The maximum Gasteiger partial charge on any atom is 0.418 e. The lowest BCUT2D eigenvalue weighted by Gasteiger charge is -2.14. The fraction of sp³-hybridized carbons (Fsp3) is 0.167. The van der Waals surface area contributed by atoms with E-state index in [-0.39, 0.29) is 22.8 Å². The van der Waals surface area contributed by atoms with E-state index >= 15 is 0 Å². The van der Waals surface area contributed by atoms with Gasteiger partial charge in [-0.3, -0.25) is 0 Å². The molecule has 0 aliphatic carbocycles. The number of aromatic amines is 1. The fourth-order valence-electron chi connectivity index (χ4n) is 1.58. The Morgan fingerprint density at radius 2 is 2.23 bits per heavy atom. The van der Waals surface area contributed by atoms with Gasteiger partial charge in [0.2, 0.25) is 5.82 Å². The highest BCUT2D eigenvalue weighted by atomic mass is 19.4. The lowest BCUT2D eigenvalue weighted by molar-refractivity contribution is -0.137. The van der Waals surface area contributed by atoms with E-state index in [0.717, 1.165) is 12.3 Å². The lowest BCUT2D eigenvalue weighted by Crippen LogP contribution is -2.09. The van der Waals surface area contributed by atoms with Gasteiger partial charge in [0.05, 0.1) is 18.4 Å². The molecule has 2 aromatic rings. The van der Waals surface area contributed by atoms with Crippen LogP contribution in [0.5, 0.6) is 5.75 Å². The van der Waals surface area contributed by atoms with Gasteiger partial charge in [0, 0.05) is 6.20 Å². The van der Waals surface area contributed by atoms with Crippen LogP contribution in [-0.2, 0) is 6.18 Å². The number of hydrogen-bond donors (Lipinski definition) is 2. The molecule has 0 amide bonds. The monoisotopic (exact) mass is 310 g/mol. The first-order chi connectivity index (χ1) is 10.5. The largest absolute Gasteiger partial charge is 0.497 e. The molecule has 1 aromatic heterocycles. The third-order valence-corrected chi connectivity index (χ3v) is 2.61. The number of methoxy groups -OCH3 is 1.